The number of nitrogens with one attached hydrogen (secondary N) is 1. The standard InChI is InChI=1S/C16H21Br2N3/c1-4-14-16(18)15(21(5-2)20-14)10-19-11(3)12-6-8-13(17)9-7-12/h6-9,11,19H,4-5,10H2,1-3H3. The summed E-state index contributed by atoms with van der Waals surface area (Å²) in [5.74, 6) is 0. The molecule has 1 unspecified atom stereocenters. The summed E-state index contributed by atoms with van der Waals surface area (Å²) in [4.78, 5) is 0. The van der Waals surface area contributed by atoms with Gasteiger partial charge in [-0.2, -0.15) is 5.10 Å². The van der Waals surface area contributed by atoms with Gasteiger partial charge in [0.25, 0.3) is 0 Å². The van der Waals surface area contributed by atoms with Gasteiger partial charge in [-0.3, -0.25) is 4.68 Å². The van der Waals surface area contributed by atoms with Crippen molar-refractivity contribution in [3.8, 4) is 0 Å². The Morgan fingerprint density at radius 2 is 1.86 bits per heavy atom. The average Bonchev–Trinajstić information content (AvgIpc) is 2.81. The minimum Gasteiger partial charge on any atom is -0.305 e. The molecule has 0 radical (unpaired) electrons. The maximum absolute atomic E-state index is 4.63. The van der Waals surface area contributed by atoms with E-state index in [0.717, 1.165) is 34.1 Å². The molecule has 1 N–H and O–H groups in total. The first-order valence-corrected chi connectivity index (χ1v) is 8.88. The van der Waals surface area contributed by atoms with Crippen molar-refractivity contribution in [3.05, 3.63) is 50.2 Å². The minimum absolute atomic E-state index is 0.301. The van der Waals surface area contributed by atoms with Crippen LogP contribution in [0, 0.1) is 0 Å². The molecule has 0 spiro atoms. The van der Waals surface area contributed by atoms with Crippen molar-refractivity contribution in [1.82, 2.24) is 15.1 Å². The van der Waals surface area contributed by atoms with Gasteiger partial charge in [-0.25, -0.2) is 0 Å². The molecule has 1 aromatic carbocycles. The fraction of sp³-hybridized carbons (Fsp3) is 0.438. The molecule has 3 nitrogen and oxygen atoms in total. The van der Waals surface area contributed by atoms with Crippen molar-refractivity contribution in [2.45, 2.75) is 46.3 Å². The third-order valence-electron chi connectivity index (χ3n) is 3.64. The van der Waals surface area contributed by atoms with E-state index in [1.54, 1.807) is 0 Å². The number of rotatable bonds is 6. The van der Waals surface area contributed by atoms with Crippen molar-refractivity contribution in [2.75, 3.05) is 0 Å². The maximum Gasteiger partial charge on any atom is 0.0767 e. The second-order valence-electron chi connectivity index (χ2n) is 5.03. The van der Waals surface area contributed by atoms with Crippen molar-refractivity contribution in [2.24, 2.45) is 0 Å². The second kappa shape index (κ2) is 7.56. The van der Waals surface area contributed by atoms with E-state index in [1.807, 2.05) is 0 Å². The summed E-state index contributed by atoms with van der Waals surface area (Å²) < 4.78 is 4.32. The predicted molar refractivity (Wildman–Crippen MR) is 94.4 cm³/mol. The Labute approximate surface area is 143 Å². The van der Waals surface area contributed by atoms with E-state index in [4.69, 9.17) is 0 Å². The van der Waals surface area contributed by atoms with Gasteiger partial charge in [-0.1, -0.05) is 35.0 Å². The zero-order valence-electron chi connectivity index (χ0n) is 12.7. The van der Waals surface area contributed by atoms with Gasteiger partial charge in [-0.15, -0.1) is 0 Å². The molecule has 0 saturated carbocycles. The first-order chi connectivity index (χ1) is 10.1. The Morgan fingerprint density at radius 3 is 2.43 bits per heavy atom. The van der Waals surface area contributed by atoms with Gasteiger partial charge in [-0.05, 0) is 53.9 Å². The summed E-state index contributed by atoms with van der Waals surface area (Å²) >= 11 is 7.16. The number of nitrogens with zero attached hydrogens (tertiary/aromatic N) is 2. The van der Waals surface area contributed by atoms with Crippen LogP contribution in [0.1, 0.15) is 43.8 Å². The molecule has 1 aromatic heterocycles. The van der Waals surface area contributed by atoms with Crippen molar-refractivity contribution < 1.29 is 0 Å². The summed E-state index contributed by atoms with van der Waals surface area (Å²) in [6.07, 6.45) is 0.947. The fourth-order valence-electron chi connectivity index (χ4n) is 2.31. The van der Waals surface area contributed by atoms with Gasteiger partial charge in [0.1, 0.15) is 0 Å². The van der Waals surface area contributed by atoms with Crippen LogP contribution in [0.2, 0.25) is 0 Å². The topological polar surface area (TPSA) is 29.9 Å². The van der Waals surface area contributed by atoms with Gasteiger partial charge < -0.3 is 5.32 Å². The first kappa shape index (κ1) is 16.7. The van der Waals surface area contributed by atoms with Crippen LogP contribution >= 0.6 is 31.9 Å². The van der Waals surface area contributed by atoms with Crippen LogP contribution in [0.15, 0.2) is 33.2 Å². The molecule has 0 amide bonds. The van der Waals surface area contributed by atoms with Gasteiger partial charge in [0.15, 0.2) is 0 Å². The number of aryl methyl sites for hydroxylation is 2. The summed E-state index contributed by atoms with van der Waals surface area (Å²) in [6.45, 7) is 8.14. The zero-order valence-corrected chi connectivity index (χ0v) is 15.8. The lowest BCUT2D eigenvalue weighted by Crippen LogP contribution is -2.20. The number of hydrogen-bond donors (Lipinski definition) is 1. The first-order valence-electron chi connectivity index (χ1n) is 7.29. The quantitative estimate of drug-likeness (QED) is 0.732. The van der Waals surface area contributed by atoms with Crippen LogP contribution in [0.3, 0.4) is 0 Å². The molecule has 21 heavy (non-hydrogen) atoms. The lowest BCUT2D eigenvalue weighted by Gasteiger charge is -2.15. The predicted octanol–water partition coefficient (Wildman–Crippen LogP) is 4.84. The van der Waals surface area contributed by atoms with Crippen LogP contribution in [0.5, 0.6) is 0 Å². The molecule has 0 fully saturated rings. The van der Waals surface area contributed by atoms with Crippen LogP contribution in [0.4, 0.5) is 0 Å². The average molecular weight is 415 g/mol. The highest BCUT2D eigenvalue weighted by atomic mass is 79.9. The zero-order chi connectivity index (χ0) is 15.4. The number of aromatic nitrogens is 2. The molecule has 2 aromatic rings. The Morgan fingerprint density at radius 1 is 1.19 bits per heavy atom. The summed E-state index contributed by atoms with van der Waals surface area (Å²) in [5.41, 5.74) is 3.64. The lowest BCUT2D eigenvalue weighted by atomic mass is 10.1. The molecule has 0 saturated heterocycles. The highest BCUT2D eigenvalue weighted by Gasteiger charge is 2.14. The largest absolute Gasteiger partial charge is 0.305 e. The SMILES string of the molecule is CCc1nn(CC)c(CNC(C)c2ccc(Br)cc2)c1Br. The third kappa shape index (κ3) is 3.96. The maximum atomic E-state index is 4.63. The molecule has 0 aliphatic rings. The van der Waals surface area contributed by atoms with Crippen LogP contribution < -0.4 is 5.32 Å². The highest BCUT2D eigenvalue weighted by molar-refractivity contribution is 9.10. The molecule has 2 rings (SSSR count). The lowest BCUT2D eigenvalue weighted by molar-refractivity contribution is 0.529. The molecule has 1 atom stereocenters. The van der Waals surface area contributed by atoms with Gasteiger partial charge in [0, 0.05) is 23.6 Å². The summed E-state index contributed by atoms with van der Waals surface area (Å²) in [5, 5.41) is 8.21. The van der Waals surface area contributed by atoms with Crippen molar-refractivity contribution in [3.63, 3.8) is 0 Å². The Bertz CT molecular complexity index is 590. The van der Waals surface area contributed by atoms with Crippen LogP contribution in [0.25, 0.3) is 0 Å². The van der Waals surface area contributed by atoms with Gasteiger partial charge in [0.2, 0.25) is 0 Å². The Balaban J connectivity index is 2.09. The van der Waals surface area contributed by atoms with Crippen LogP contribution in [-0.2, 0) is 19.5 Å². The monoisotopic (exact) mass is 413 g/mol. The molecule has 0 bridgehead atoms. The van der Waals surface area contributed by atoms with E-state index in [-0.39, 0.29) is 0 Å². The Kier molecular flexibility index (Phi) is 6.02. The van der Waals surface area contributed by atoms with E-state index in [9.17, 15) is 0 Å². The van der Waals surface area contributed by atoms with Gasteiger partial charge in [0.05, 0.1) is 15.9 Å². The fourth-order valence-corrected chi connectivity index (χ4v) is 3.27. The summed E-state index contributed by atoms with van der Waals surface area (Å²) in [6, 6.07) is 8.75. The minimum atomic E-state index is 0.301. The van der Waals surface area contributed by atoms with Crippen molar-refractivity contribution >= 4 is 31.9 Å². The molecule has 114 valence electrons. The number of hydrogen-bond acceptors (Lipinski definition) is 2. The molecule has 0 aliphatic heterocycles. The van der Waals surface area contributed by atoms with Crippen LogP contribution in [-0.4, -0.2) is 9.78 Å². The third-order valence-corrected chi connectivity index (χ3v) is 5.08. The van der Waals surface area contributed by atoms with E-state index in [0.29, 0.717) is 6.04 Å². The van der Waals surface area contributed by atoms with Crippen molar-refractivity contribution in [1.29, 1.82) is 0 Å². The number of halogens is 2. The van der Waals surface area contributed by atoms with E-state index >= 15 is 0 Å². The molecule has 5 heteroatoms. The van der Waals surface area contributed by atoms with E-state index < -0.39 is 0 Å². The number of benzene rings is 1. The van der Waals surface area contributed by atoms with E-state index in [1.165, 1.54) is 11.3 Å². The highest BCUT2D eigenvalue weighted by Crippen LogP contribution is 2.23. The normalized spacial score (nSPS) is 12.6. The second-order valence-corrected chi connectivity index (χ2v) is 6.74. The van der Waals surface area contributed by atoms with E-state index in [2.05, 4.69) is 92.0 Å². The Hall–Kier alpha value is -0.650. The molecule has 1 heterocycles. The molecular weight excluding hydrogens is 394 g/mol. The smallest absolute Gasteiger partial charge is 0.0767 e. The molecular formula is C16H21Br2N3. The van der Waals surface area contributed by atoms with Gasteiger partial charge >= 0.3 is 0 Å². The molecule has 0 aliphatic carbocycles. The summed E-state index contributed by atoms with van der Waals surface area (Å²) in [7, 11) is 0.